The van der Waals surface area contributed by atoms with E-state index in [9.17, 15) is 0 Å². The minimum Gasteiger partial charge on any atom is -0.395 e. The Bertz CT molecular complexity index is 148. The summed E-state index contributed by atoms with van der Waals surface area (Å²) in [7, 11) is 2.15. The second-order valence-electron chi connectivity index (χ2n) is 4.46. The van der Waals surface area contributed by atoms with Crippen LogP contribution in [0.4, 0.5) is 0 Å². The van der Waals surface area contributed by atoms with E-state index in [1.807, 2.05) is 0 Å². The van der Waals surface area contributed by atoms with Crippen LogP contribution in [0, 0.1) is 5.92 Å². The molecule has 0 aliphatic heterocycles. The molecule has 84 valence electrons. The van der Waals surface area contributed by atoms with Gasteiger partial charge in [-0.1, -0.05) is 13.3 Å². The van der Waals surface area contributed by atoms with Gasteiger partial charge >= 0.3 is 0 Å². The minimum absolute atomic E-state index is 0.239. The van der Waals surface area contributed by atoms with Gasteiger partial charge in [-0.25, -0.2) is 0 Å². The van der Waals surface area contributed by atoms with Crippen molar-refractivity contribution in [3.05, 3.63) is 0 Å². The van der Waals surface area contributed by atoms with Crippen molar-refractivity contribution in [2.24, 2.45) is 5.92 Å². The third-order valence-electron chi connectivity index (χ3n) is 3.04. The fourth-order valence-corrected chi connectivity index (χ4v) is 2.04. The highest BCUT2D eigenvalue weighted by atomic mass is 16.3. The lowest BCUT2D eigenvalue weighted by atomic mass is 9.85. The van der Waals surface area contributed by atoms with Crippen LogP contribution in [0.15, 0.2) is 0 Å². The summed E-state index contributed by atoms with van der Waals surface area (Å²) < 4.78 is 0. The third-order valence-corrected chi connectivity index (χ3v) is 3.04. The van der Waals surface area contributed by atoms with Crippen molar-refractivity contribution >= 4 is 0 Å². The molecule has 1 aliphatic carbocycles. The quantitative estimate of drug-likeness (QED) is 0.634. The summed E-state index contributed by atoms with van der Waals surface area (Å²) in [5.74, 6) is 0.918. The lowest BCUT2D eigenvalue weighted by Crippen LogP contribution is -2.43. The van der Waals surface area contributed by atoms with E-state index in [1.165, 1.54) is 25.8 Å². The number of nitrogens with zero attached hydrogens (tertiary/aromatic N) is 1. The first-order valence-corrected chi connectivity index (χ1v) is 5.79. The van der Waals surface area contributed by atoms with Gasteiger partial charge in [0.25, 0.3) is 0 Å². The number of hydrogen-bond donors (Lipinski definition) is 2. The van der Waals surface area contributed by atoms with E-state index in [-0.39, 0.29) is 12.6 Å². The summed E-state index contributed by atoms with van der Waals surface area (Å²) in [6.07, 6.45) is 4.21. The summed E-state index contributed by atoms with van der Waals surface area (Å²) in [5, 5.41) is 12.4. The Labute approximate surface area is 87.5 Å². The van der Waals surface area contributed by atoms with E-state index < -0.39 is 0 Å². The molecule has 0 amide bonds. The van der Waals surface area contributed by atoms with Crippen LogP contribution in [0.1, 0.15) is 26.2 Å². The van der Waals surface area contributed by atoms with Crippen molar-refractivity contribution in [3.8, 4) is 0 Å². The summed E-state index contributed by atoms with van der Waals surface area (Å²) in [6, 6.07) is 0.241. The Balaban J connectivity index is 2.12. The molecular formula is C11H24N2O. The van der Waals surface area contributed by atoms with E-state index in [0.29, 0.717) is 0 Å². The fraction of sp³-hybridized carbons (Fsp3) is 1.00. The smallest absolute Gasteiger partial charge is 0.0597 e. The van der Waals surface area contributed by atoms with Gasteiger partial charge in [0.2, 0.25) is 0 Å². The number of aliphatic hydroxyl groups excluding tert-OH is 1. The van der Waals surface area contributed by atoms with E-state index in [0.717, 1.165) is 19.0 Å². The van der Waals surface area contributed by atoms with Crippen LogP contribution in [0.25, 0.3) is 0 Å². The van der Waals surface area contributed by atoms with Crippen LogP contribution >= 0.6 is 0 Å². The van der Waals surface area contributed by atoms with Gasteiger partial charge in [-0.15, -0.1) is 0 Å². The Morgan fingerprint density at radius 1 is 1.50 bits per heavy atom. The van der Waals surface area contributed by atoms with Crippen LogP contribution in [0.5, 0.6) is 0 Å². The highest BCUT2D eigenvalue weighted by molar-refractivity contribution is 4.75. The highest BCUT2D eigenvalue weighted by Gasteiger charge is 2.20. The molecule has 0 saturated heterocycles. The number of nitrogens with one attached hydrogen (secondary N) is 1. The predicted molar refractivity (Wildman–Crippen MR) is 59.4 cm³/mol. The second kappa shape index (κ2) is 6.38. The van der Waals surface area contributed by atoms with Gasteiger partial charge in [0.05, 0.1) is 6.61 Å². The van der Waals surface area contributed by atoms with Crippen LogP contribution in [0.2, 0.25) is 0 Å². The van der Waals surface area contributed by atoms with Gasteiger partial charge in [0.15, 0.2) is 0 Å². The molecule has 1 saturated carbocycles. The maximum absolute atomic E-state index is 9.12. The normalized spacial score (nSPS) is 19.7. The molecule has 0 aromatic rings. The molecule has 14 heavy (non-hydrogen) atoms. The largest absolute Gasteiger partial charge is 0.395 e. The first-order chi connectivity index (χ1) is 6.76. The summed E-state index contributed by atoms with van der Waals surface area (Å²) in [6.45, 7) is 5.41. The maximum atomic E-state index is 9.12. The van der Waals surface area contributed by atoms with Crippen LogP contribution < -0.4 is 5.32 Å². The third kappa shape index (κ3) is 3.95. The highest BCUT2D eigenvalue weighted by Crippen LogP contribution is 2.26. The Morgan fingerprint density at radius 3 is 2.64 bits per heavy atom. The first kappa shape index (κ1) is 12.0. The monoisotopic (exact) mass is 200 g/mol. The van der Waals surface area contributed by atoms with Crippen molar-refractivity contribution < 1.29 is 5.11 Å². The summed E-state index contributed by atoms with van der Waals surface area (Å²) in [5.41, 5.74) is 0. The number of aliphatic hydroxyl groups is 1. The van der Waals surface area contributed by atoms with Crippen LogP contribution in [0.3, 0.4) is 0 Å². The van der Waals surface area contributed by atoms with Gasteiger partial charge in [-0.3, -0.25) is 0 Å². The molecule has 1 unspecified atom stereocenters. The van der Waals surface area contributed by atoms with Crippen molar-refractivity contribution in [1.82, 2.24) is 10.2 Å². The second-order valence-corrected chi connectivity index (χ2v) is 4.46. The zero-order chi connectivity index (χ0) is 10.4. The lowest BCUT2D eigenvalue weighted by molar-refractivity contribution is 0.163. The van der Waals surface area contributed by atoms with Gasteiger partial charge in [-0.05, 0) is 32.4 Å². The molecule has 1 fully saturated rings. The molecule has 0 radical (unpaired) electrons. The number of likely N-dealkylation sites (N-methyl/N-ethyl adjacent to an activating group) is 2. The van der Waals surface area contributed by atoms with E-state index in [2.05, 4.69) is 24.2 Å². The number of hydrogen-bond acceptors (Lipinski definition) is 3. The van der Waals surface area contributed by atoms with Crippen molar-refractivity contribution in [1.29, 1.82) is 0 Å². The van der Waals surface area contributed by atoms with Crippen LogP contribution in [-0.4, -0.2) is 49.3 Å². The Morgan fingerprint density at radius 2 is 2.21 bits per heavy atom. The van der Waals surface area contributed by atoms with Gasteiger partial charge in [0, 0.05) is 19.1 Å². The zero-order valence-electron chi connectivity index (χ0n) is 9.50. The summed E-state index contributed by atoms with van der Waals surface area (Å²) >= 11 is 0. The van der Waals surface area contributed by atoms with Crippen molar-refractivity contribution in [2.75, 3.05) is 33.3 Å². The summed E-state index contributed by atoms with van der Waals surface area (Å²) in [4.78, 5) is 2.34. The SMILES string of the molecule is CCNC(CO)CN(C)CC1CCC1. The van der Waals surface area contributed by atoms with Gasteiger partial charge < -0.3 is 15.3 Å². The molecule has 0 spiro atoms. The Hall–Kier alpha value is -0.120. The molecule has 0 bridgehead atoms. The Kier molecular flexibility index (Phi) is 5.45. The van der Waals surface area contributed by atoms with Gasteiger partial charge in [0.1, 0.15) is 0 Å². The van der Waals surface area contributed by atoms with Crippen molar-refractivity contribution in [2.45, 2.75) is 32.2 Å². The standard InChI is InChI=1S/C11H24N2O/c1-3-12-11(9-14)8-13(2)7-10-5-4-6-10/h10-12,14H,3-9H2,1-2H3. The predicted octanol–water partition coefficient (Wildman–Crippen LogP) is 0.689. The van der Waals surface area contributed by atoms with E-state index >= 15 is 0 Å². The fourth-order valence-electron chi connectivity index (χ4n) is 2.04. The maximum Gasteiger partial charge on any atom is 0.0597 e. The number of rotatable bonds is 7. The minimum atomic E-state index is 0.239. The molecule has 0 heterocycles. The molecule has 1 atom stereocenters. The molecule has 0 aromatic heterocycles. The molecule has 2 N–H and O–H groups in total. The van der Waals surface area contributed by atoms with Crippen molar-refractivity contribution in [3.63, 3.8) is 0 Å². The molecule has 0 aromatic carbocycles. The first-order valence-electron chi connectivity index (χ1n) is 5.79. The zero-order valence-corrected chi connectivity index (χ0v) is 9.50. The molecule has 3 heteroatoms. The molecule has 1 aliphatic rings. The van der Waals surface area contributed by atoms with Gasteiger partial charge in [-0.2, -0.15) is 0 Å². The van der Waals surface area contributed by atoms with E-state index in [1.54, 1.807) is 0 Å². The average Bonchev–Trinajstić information content (AvgIpc) is 2.11. The van der Waals surface area contributed by atoms with E-state index in [4.69, 9.17) is 5.11 Å². The topological polar surface area (TPSA) is 35.5 Å². The molecular weight excluding hydrogens is 176 g/mol. The molecule has 1 rings (SSSR count). The lowest BCUT2D eigenvalue weighted by Gasteiger charge is -2.31. The molecule has 3 nitrogen and oxygen atoms in total. The average molecular weight is 200 g/mol. The van der Waals surface area contributed by atoms with Crippen LogP contribution in [-0.2, 0) is 0 Å².